The molecule has 0 saturated heterocycles. The van der Waals surface area contributed by atoms with Gasteiger partial charge in [-0.1, -0.05) is 25.9 Å². The molecule has 1 N–H and O–H groups in total. The molecule has 1 unspecified atom stereocenters. The standard InChI is InChI=1S/C15H18FN3O2/c1-9(17-14(20)15(2,3)4)13-18-12(19-21-13)10-5-7-11(16)8-6-10/h5-9H,1-4H3,(H,17,20). The second-order valence-corrected chi connectivity index (χ2v) is 5.91. The number of hydrogen-bond acceptors (Lipinski definition) is 4. The normalized spacial score (nSPS) is 13.0. The monoisotopic (exact) mass is 291 g/mol. The molecule has 0 aliphatic rings. The van der Waals surface area contributed by atoms with E-state index in [1.54, 1.807) is 19.1 Å². The van der Waals surface area contributed by atoms with E-state index < -0.39 is 11.5 Å². The van der Waals surface area contributed by atoms with Gasteiger partial charge in [0.25, 0.3) is 0 Å². The van der Waals surface area contributed by atoms with E-state index in [1.807, 2.05) is 20.8 Å². The lowest BCUT2D eigenvalue weighted by atomic mass is 9.95. The van der Waals surface area contributed by atoms with Gasteiger partial charge in [0, 0.05) is 11.0 Å². The van der Waals surface area contributed by atoms with E-state index in [-0.39, 0.29) is 11.7 Å². The fraction of sp³-hybridized carbons (Fsp3) is 0.400. The largest absolute Gasteiger partial charge is 0.344 e. The minimum absolute atomic E-state index is 0.100. The Labute approximate surface area is 122 Å². The summed E-state index contributed by atoms with van der Waals surface area (Å²) < 4.78 is 18.0. The van der Waals surface area contributed by atoms with Gasteiger partial charge in [-0.25, -0.2) is 4.39 Å². The van der Waals surface area contributed by atoms with E-state index in [4.69, 9.17) is 4.52 Å². The number of carbonyl (C=O) groups excluding carboxylic acids is 1. The summed E-state index contributed by atoms with van der Waals surface area (Å²) in [7, 11) is 0. The van der Waals surface area contributed by atoms with Crippen molar-refractivity contribution in [2.24, 2.45) is 5.41 Å². The van der Waals surface area contributed by atoms with Crippen molar-refractivity contribution in [3.63, 3.8) is 0 Å². The highest BCUT2D eigenvalue weighted by atomic mass is 19.1. The Kier molecular flexibility index (Phi) is 4.06. The summed E-state index contributed by atoms with van der Waals surface area (Å²) in [6.45, 7) is 7.25. The molecule has 2 rings (SSSR count). The molecule has 1 atom stereocenters. The van der Waals surface area contributed by atoms with Gasteiger partial charge in [0.15, 0.2) is 0 Å². The van der Waals surface area contributed by atoms with Crippen molar-refractivity contribution in [3.05, 3.63) is 36.0 Å². The highest BCUT2D eigenvalue weighted by molar-refractivity contribution is 5.81. The first-order valence-corrected chi connectivity index (χ1v) is 6.68. The SMILES string of the molecule is CC(NC(=O)C(C)(C)C)c1nc(-c2ccc(F)cc2)no1. The molecular weight excluding hydrogens is 273 g/mol. The Balaban J connectivity index is 2.12. The van der Waals surface area contributed by atoms with Gasteiger partial charge in [0.05, 0.1) is 0 Å². The van der Waals surface area contributed by atoms with E-state index in [2.05, 4.69) is 15.5 Å². The molecule has 1 heterocycles. The summed E-state index contributed by atoms with van der Waals surface area (Å²) in [5.41, 5.74) is 0.161. The van der Waals surface area contributed by atoms with Crippen LogP contribution in [-0.4, -0.2) is 16.0 Å². The van der Waals surface area contributed by atoms with Gasteiger partial charge in [-0.05, 0) is 31.2 Å². The Bertz CT molecular complexity index is 629. The molecule has 21 heavy (non-hydrogen) atoms. The fourth-order valence-corrected chi connectivity index (χ4v) is 1.60. The van der Waals surface area contributed by atoms with E-state index in [1.165, 1.54) is 12.1 Å². The first kappa shape index (κ1) is 15.2. The lowest BCUT2D eigenvalue weighted by molar-refractivity contribution is -0.129. The van der Waals surface area contributed by atoms with Crippen LogP contribution < -0.4 is 5.32 Å². The topological polar surface area (TPSA) is 68.0 Å². The molecule has 0 radical (unpaired) electrons. The molecule has 0 bridgehead atoms. The van der Waals surface area contributed by atoms with Gasteiger partial charge < -0.3 is 9.84 Å². The van der Waals surface area contributed by atoms with Crippen molar-refractivity contribution in [2.75, 3.05) is 0 Å². The molecule has 0 spiro atoms. The fourth-order valence-electron chi connectivity index (χ4n) is 1.60. The third kappa shape index (κ3) is 3.65. The summed E-state index contributed by atoms with van der Waals surface area (Å²) >= 11 is 0. The van der Waals surface area contributed by atoms with Crippen LogP contribution in [0.3, 0.4) is 0 Å². The van der Waals surface area contributed by atoms with Crippen LogP contribution in [0.1, 0.15) is 39.6 Å². The molecule has 0 aliphatic carbocycles. The van der Waals surface area contributed by atoms with Crippen molar-refractivity contribution in [3.8, 4) is 11.4 Å². The number of benzene rings is 1. The van der Waals surface area contributed by atoms with Crippen LogP contribution in [0.4, 0.5) is 4.39 Å². The number of nitrogens with zero attached hydrogens (tertiary/aromatic N) is 2. The first-order chi connectivity index (χ1) is 9.77. The lowest BCUT2D eigenvalue weighted by Gasteiger charge is -2.19. The second kappa shape index (κ2) is 5.63. The minimum Gasteiger partial charge on any atom is -0.344 e. The van der Waals surface area contributed by atoms with Gasteiger partial charge in [0.2, 0.25) is 17.6 Å². The number of hydrogen-bond donors (Lipinski definition) is 1. The van der Waals surface area contributed by atoms with Gasteiger partial charge in [-0.2, -0.15) is 4.98 Å². The molecule has 2 aromatic rings. The number of carbonyl (C=O) groups is 1. The summed E-state index contributed by atoms with van der Waals surface area (Å²) in [5.74, 6) is 0.249. The van der Waals surface area contributed by atoms with Crippen LogP contribution in [0.2, 0.25) is 0 Å². The second-order valence-electron chi connectivity index (χ2n) is 5.91. The zero-order valence-corrected chi connectivity index (χ0v) is 12.5. The predicted octanol–water partition coefficient (Wildman–Crippen LogP) is 3.10. The first-order valence-electron chi connectivity index (χ1n) is 6.68. The van der Waals surface area contributed by atoms with Gasteiger partial charge in [-0.3, -0.25) is 4.79 Å². The average Bonchev–Trinajstić information content (AvgIpc) is 2.88. The molecule has 1 amide bonds. The number of halogens is 1. The molecule has 0 aliphatic heterocycles. The highest BCUT2D eigenvalue weighted by Gasteiger charge is 2.25. The highest BCUT2D eigenvalue weighted by Crippen LogP contribution is 2.20. The molecule has 112 valence electrons. The smallest absolute Gasteiger partial charge is 0.249 e. The third-order valence-electron chi connectivity index (χ3n) is 2.94. The molecule has 5 nitrogen and oxygen atoms in total. The lowest BCUT2D eigenvalue weighted by Crippen LogP contribution is -2.36. The molecule has 0 fully saturated rings. The molecule has 0 saturated carbocycles. The van der Waals surface area contributed by atoms with Crippen LogP contribution in [0, 0.1) is 11.2 Å². The van der Waals surface area contributed by atoms with Crippen molar-refractivity contribution < 1.29 is 13.7 Å². The van der Waals surface area contributed by atoms with Crippen LogP contribution in [0.15, 0.2) is 28.8 Å². The number of rotatable bonds is 3. The molecule has 6 heteroatoms. The van der Waals surface area contributed by atoms with Crippen LogP contribution >= 0.6 is 0 Å². The van der Waals surface area contributed by atoms with Crippen LogP contribution in [0.5, 0.6) is 0 Å². The summed E-state index contributed by atoms with van der Waals surface area (Å²) in [4.78, 5) is 16.2. The Hall–Kier alpha value is -2.24. The number of aromatic nitrogens is 2. The zero-order chi connectivity index (χ0) is 15.6. The van der Waals surface area contributed by atoms with Gasteiger partial charge >= 0.3 is 0 Å². The minimum atomic E-state index is -0.492. The Morgan fingerprint density at radius 3 is 2.48 bits per heavy atom. The molecule has 1 aromatic carbocycles. The molecular formula is C15H18FN3O2. The van der Waals surface area contributed by atoms with Crippen LogP contribution in [-0.2, 0) is 4.79 Å². The van der Waals surface area contributed by atoms with Crippen molar-refractivity contribution in [1.29, 1.82) is 0 Å². The van der Waals surface area contributed by atoms with E-state index in [0.29, 0.717) is 17.3 Å². The summed E-state index contributed by atoms with van der Waals surface area (Å²) in [5, 5.41) is 6.66. The molecule has 1 aromatic heterocycles. The quantitative estimate of drug-likeness (QED) is 0.943. The maximum atomic E-state index is 12.9. The van der Waals surface area contributed by atoms with Crippen molar-refractivity contribution >= 4 is 5.91 Å². The van der Waals surface area contributed by atoms with Gasteiger partial charge in [-0.15, -0.1) is 0 Å². The van der Waals surface area contributed by atoms with E-state index in [0.717, 1.165) is 0 Å². The van der Waals surface area contributed by atoms with Crippen molar-refractivity contribution in [1.82, 2.24) is 15.5 Å². The maximum Gasteiger partial charge on any atom is 0.249 e. The van der Waals surface area contributed by atoms with Crippen molar-refractivity contribution in [2.45, 2.75) is 33.7 Å². The van der Waals surface area contributed by atoms with E-state index >= 15 is 0 Å². The third-order valence-corrected chi connectivity index (χ3v) is 2.94. The summed E-state index contributed by atoms with van der Waals surface area (Å²) in [6, 6.07) is 5.41. The number of amides is 1. The van der Waals surface area contributed by atoms with E-state index in [9.17, 15) is 9.18 Å². The Morgan fingerprint density at radius 1 is 1.29 bits per heavy atom. The zero-order valence-electron chi connectivity index (χ0n) is 12.5. The summed E-state index contributed by atoms with van der Waals surface area (Å²) in [6.07, 6.45) is 0. The Morgan fingerprint density at radius 2 is 1.90 bits per heavy atom. The number of nitrogens with one attached hydrogen (secondary N) is 1. The van der Waals surface area contributed by atoms with Crippen LogP contribution in [0.25, 0.3) is 11.4 Å². The van der Waals surface area contributed by atoms with Gasteiger partial charge in [0.1, 0.15) is 11.9 Å². The maximum absolute atomic E-state index is 12.9. The predicted molar refractivity (Wildman–Crippen MR) is 75.7 cm³/mol. The average molecular weight is 291 g/mol.